The van der Waals surface area contributed by atoms with Gasteiger partial charge in [0.2, 0.25) is 5.82 Å². The molecule has 0 aliphatic heterocycles. The Bertz CT molecular complexity index is 720. The molecule has 0 heterocycles. The predicted molar refractivity (Wildman–Crippen MR) is 84.2 cm³/mol. The average molecular weight is 321 g/mol. The molecule has 1 N–H and O–H groups in total. The largest absolute Gasteiger partial charge is 0.375 e. The van der Waals surface area contributed by atoms with E-state index in [1.165, 1.54) is 18.2 Å². The first-order chi connectivity index (χ1) is 10.9. The lowest BCUT2D eigenvalue weighted by Crippen LogP contribution is -2.12. The van der Waals surface area contributed by atoms with Crippen molar-refractivity contribution in [2.75, 3.05) is 19.4 Å². The van der Waals surface area contributed by atoms with Gasteiger partial charge in [-0.05, 0) is 37.9 Å². The van der Waals surface area contributed by atoms with Gasteiger partial charge in [-0.3, -0.25) is 10.1 Å². The minimum Gasteiger partial charge on any atom is -0.375 e. The van der Waals surface area contributed by atoms with Crippen LogP contribution in [-0.2, 0) is 13.1 Å². The molecule has 2 aromatic carbocycles. The highest BCUT2D eigenvalue weighted by Crippen LogP contribution is 2.27. The van der Waals surface area contributed by atoms with E-state index in [1.54, 1.807) is 12.1 Å². The third-order valence-corrected chi connectivity index (χ3v) is 3.26. The molecule has 0 saturated carbocycles. The van der Waals surface area contributed by atoms with Gasteiger partial charge in [-0.15, -0.1) is 0 Å². The fraction of sp³-hybridized carbons (Fsp3) is 0.250. The Morgan fingerprint density at radius 1 is 1.17 bits per heavy atom. The van der Waals surface area contributed by atoms with Crippen LogP contribution in [0.4, 0.5) is 20.2 Å². The smallest absolute Gasteiger partial charge is 0.327 e. The number of rotatable bonds is 6. The molecule has 23 heavy (non-hydrogen) atoms. The van der Waals surface area contributed by atoms with Crippen molar-refractivity contribution in [2.45, 2.75) is 13.1 Å². The molecular weight excluding hydrogens is 304 g/mol. The van der Waals surface area contributed by atoms with Gasteiger partial charge >= 0.3 is 5.69 Å². The number of para-hydroxylation sites is 1. The highest BCUT2D eigenvalue weighted by Gasteiger charge is 2.19. The van der Waals surface area contributed by atoms with Crippen LogP contribution in [-0.4, -0.2) is 23.9 Å². The minimum absolute atomic E-state index is 0.0628. The van der Waals surface area contributed by atoms with Crippen LogP contribution in [0.3, 0.4) is 0 Å². The number of nitrogens with one attached hydrogen (secondary N) is 1. The van der Waals surface area contributed by atoms with Crippen molar-refractivity contribution in [1.82, 2.24) is 4.90 Å². The first kappa shape index (κ1) is 16.8. The maximum atomic E-state index is 14.0. The third kappa shape index (κ3) is 4.23. The molecule has 0 aliphatic rings. The zero-order valence-corrected chi connectivity index (χ0v) is 12.8. The predicted octanol–water partition coefficient (Wildman–Crippen LogP) is 3.55. The summed E-state index contributed by atoms with van der Waals surface area (Å²) in [7, 11) is 3.69. The SMILES string of the molecule is CN(C)Cc1ccc(CNc2cccc(F)c2[N+](=O)[O-])cc1F. The van der Waals surface area contributed by atoms with E-state index in [4.69, 9.17) is 0 Å². The van der Waals surface area contributed by atoms with Gasteiger partial charge in [0.25, 0.3) is 0 Å². The van der Waals surface area contributed by atoms with E-state index in [9.17, 15) is 18.9 Å². The third-order valence-electron chi connectivity index (χ3n) is 3.26. The topological polar surface area (TPSA) is 58.4 Å². The Hall–Kier alpha value is -2.54. The summed E-state index contributed by atoms with van der Waals surface area (Å²) in [6.07, 6.45) is 0. The lowest BCUT2D eigenvalue weighted by molar-refractivity contribution is -0.386. The number of nitrogens with zero attached hydrogens (tertiary/aromatic N) is 2. The monoisotopic (exact) mass is 321 g/mol. The summed E-state index contributed by atoms with van der Waals surface area (Å²) in [5.41, 5.74) is 0.629. The highest BCUT2D eigenvalue weighted by atomic mass is 19.1. The summed E-state index contributed by atoms with van der Waals surface area (Å²) in [5, 5.41) is 13.7. The molecule has 5 nitrogen and oxygen atoms in total. The Labute approximate surface area is 132 Å². The Morgan fingerprint density at radius 3 is 2.52 bits per heavy atom. The average Bonchev–Trinajstić information content (AvgIpc) is 2.46. The number of anilines is 1. The fourth-order valence-corrected chi connectivity index (χ4v) is 2.21. The number of nitro benzene ring substituents is 1. The van der Waals surface area contributed by atoms with Gasteiger partial charge < -0.3 is 10.2 Å². The summed E-state index contributed by atoms with van der Waals surface area (Å²) in [5.74, 6) is -1.25. The summed E-state index contributed by atoms with van der Waals surface area (Å²) in [4.78, 5) is 12.0. The summed E-state index contributed by atoms with van der Waals surface area (Å²) in [6.45, 7) is 0.637. The van der Waals surface area contributed by atoms with Gasteiger partial charge in [0.1, 0.15) is 11.5 Å². The summed E-state index contributed by atoms with van der Waals surface area (Å²) < 4.78 is 27.5. The second kappa shape index (κ2) is 7.15. The molecule has 0 unspecified atom stereocenters. The van der Waals surface area contributed by atoms with Crippen LogP contribution in [0.2, 0.25) is 0 Å². The van der Waals surface area contributed by atoms with E-state index < -0.39 is 16.4 Å². The van der Waals surface area contributed by atoms with Gasteiger partial charge in [0, 0.05) is 18.7 Å². The van der Waals surface area contributed by atoms with E-state index in [-0.39, 0.29) is 18.0 Å². The van der Waals surface area contributed by atoms with E-state index in [0.29, 0.717) is 17.7 Å². The number of hydrogen-bond donors (Lipinski definition) is 1. The van der Waals surface area contributed by atoms with Crippen molar-refractivity contribution < 1.29 is 13.7 Å². The van der Waals surface area contributed by atoms with Crippen molar-refractivity contribution in [3.05, 3.63) is 69.3 Å². The highest BCUT2D eigenvalue weighted by molar-refractivity contribution is 5.62. The molecule has 0 spiro atoms. The van der Waals surface area contributed by atoms with Gasteiger partial charge in [0.05, 0.1) is 4.92 Å². The number of benzene rings is 2. The molecule has 7 heteroatoms. The maximum absolute atomic E-state index is 14.0. The van der Waals surface area contributed by atoms with Crippen LogP contribution >= 0.6 is 0 Å². The first-order valence-corrected chi connectivity index (χ1v) is 6.97. The molecule has 0 radical (unpaired) electrons. The van der Waals surface area contributed by atoms with Crippen molar-refractivity contribution in [2.24, 2.45) is 0 Å². The van der Waals surface area contributed by atoms with E-state index in [2.05, 4.69) is 5.32 Å². The summed E-state index contributed by atoms with van der Waals surface area (Å²) >= 11 is 0. The number of halogens is 2. The molecule has 0 fully saturated rings. The lowest BCUT2D eigenvalue weighted by Gasteiger charge is -2.12. The molecule has 122 valence electrons. The minimum atomic E-state index is -0.910. The van der Waals surface area contributed by atoms with E-state index in [0.717, 1.165) is 6.07 Å². The Balaban J connectivity index is 2.14. The second-order valence-corrected chi connectivity index (χ2v) is 5.41. The van der Waals surface area contributed by atoms with Crippen molar-refractivity contribution in [3.63, 3.8) is 0 Å². The van der Waals surface area contributed by atoms with Gasteiger partial charge in [-0.1, -0.05) is 18.2 Å². The van der Waals surface area contributed by atoms with Crippen molar-refractivity contribution in [3.8, 4) is 0 Å². The quantitative estimate of drug-likeness (QED) is 0.653. The van der Waals surface area contributed by atoms with E-state index in [1.807, 2.05) is 19.0 Å². The zero-order valence-electron chi connectivity index (χ0n) is 12.8. The molecule has 2 rings (SSSR count). The Kier molecular flexibility index (Phi) is 5.23. The van der Waals surface area contributed by atoms with Crippen LogP contribution in [0, 0.1) is 21.7 Å². The molecule has 2 aromatic rings. The molecule has 0 aliphatic carbocycles. The molecule has 0 amide bonds. The number of nitro groups is 1. The van der Waals surface area contributed by atoms with Gasteiger partial charge in [0.15, 0.2) is 0 Å². The van der Waals surface area contributed by atoms with Gasteiger partial charge in [-0.25, -0.2) is 4.39 Å². The van der Waals surface area contributed by atoms with E-state index >= 15 is 0 Å². The molecule has 0 bridgehead atoms. The van der Waals surface area contributed by atoms with Crippen LogP contribution in [0.5, 0.6) is 0 Å². The lowest BCUT2D eigenvalue weighted by atomic mass is 10.1. The van der Waals surface area contributed by atoms with Crippen molar-refractivity contribution >= 4 is 11.4 Å². The zero-order chi connectivity index (χ0) is 17.0. The standard InChI is InChI=1S/C16H17F2N3O2/c1-20(2)10-12-7-6-11(8-14(12)18)9-19-15-5-3-4-13(17)16(15)21(22)23/h3-8,19H,9-10H2,1-2H3. The first-order valence-electron chi connectivity index (χ1n) is 6.97. The van der Waals surface area contributed by atoms with Crippen LogP contribution in [0.25, 0.3) is 0 Å². The molecule has 0 atom stereocenters. The summed E-state index contributed by atoms with van der Waals surface area (Å²) in [6, 6.07) is 8.60. The van der Waals surface area contributed by atoms with Gasteiger partial charge in [-0.2, -0.15) is 4.39 Å². The second-order valence-electron chi connectivity index (χ2n) is 5.41. The molecule has 0 aromatic heterocycles. The molecular formula is C16H17F2N3O2. The maximum Gasteiger partial charge on any atom is 0.327 e. The molecule has 0 saturated heterocycles. The number of hydrogen-bond acceptors (Lipinski definition) is 4. The van der Waals surface area contributed by atoms with Crippen molar-refractivity contribution in [1.29, 1.82) is 0 Å². The van der Waals surface area contributed by atoms with Crippen LogP contribution < -0.4 is 5.32 Å². The van der Waals surface area contributed by atoms with Crippen LogP contribution in [0.1, 0.15) is 11.1 Å². The fourth-order valence-electron chi connectivity index (χ4n) is 2.21. The Morgan fingerprint density at radius 2 is 1.91 bits per heavy atom. The van der Waals surface area contributed by atoms with Crippen LogP contribution in [0.15, 0.2) is 36.4 Å². The normalized spacial score (nSPS) is 10.8.